The van der Waals surface area contributed by atoms with Gasteiger partial charge in [-0.1, -0.05) is 127 Å². The summed E-state index contributed by atoms with van der Waals surface area (Å²) in [6, 6.07) is 47.6. The van der Waals surface area contributed by atoms with E-state index in [0.717, 1.165) is 12.8 Å². The van der Waals surface area contributed by atoms with Crippen LogP contribution in [0, 0.1) is 0 Å². The van der Waals surface area contributed by atoms with Gasteiger partial charge in [-0.15, -0.1) is 0 Å². The van der Waals surface area contributed by atoms with Gasteiger partial charge in [-0.3, -0.25) is 0 Å². The Hall–Kier alpha value is -4.88. The molecule has 0 radical (unpaired) electrons. The first-order valence-corrected chi connectivity index (χ1v) is 14.3. The molecular formula is C39H27N. The molecule has 1 nitrogen and oxygen atoms in total. The maximum Gasteiger partial charge on any atom is 0.0754 e. The van der Waals surface area contributed by atoms with Crippen LogP contribution in [0.15, 0.2) is 133 Å². The van der Waals surface area contributed by atoms with E-state index >= 15 is 0 Å². The number of para-hydroxylation sites is 1. The molecule has 188 valence electrons. The van der Waals surface area contributed by atoms with Crippen molar-refractivity contribution in [3.05, 3.63) is 167 Å². The van der Waals surface area contributed by atoms with Crippen LogP contribution in [0.3, 0.4) is 0 Å². The molecule has 40 heavy (non-hydrogen) atoms. The first-order chi connectivity index (χ1) is 19.9. The third-order valence-electron chi connectivity index (χ3n) is 9.29. The number of rotatable bonds is 1. The van der Waals surface area contributed by atoms with Gasteiger partial charge in [-0.2, -0.15) is 0 Å². The van der Waals surface area contributed by atoms with Crippen LogP contribution in [0.2, 0.25) is 0 Å². The van der Waals surface area contributed by atoms with Gasteiger partial charge in [-0.25, -0.2) is 0 Å². The van der Waals surface area contributed by atoms with Crippen molar-refractivity contribution in [1.29, 1.82) is 0 Å². The molecule has 1 heterocycles. The lowest BCUT2D eigenvalue weighted by molar-refractivity contribution is 0.752. The van der Waals surface area contributed by atoms with Gasteiger partial charge in [0.05, 0.1) is 16.8 Å². The normalized spacial score (nSPS) is 15.3. The van der Waals surface area contributed by atoms with Crippen LogP contribution in [0.5, 0.6) is 0 Å². The fourth-order valence-electron chi connectivity index (χ4n) is 7.74. The quantitative estimate of drug-likeness (QED) is 0.213. The summed E-state index contributed by atoms with van der Waals surface area (Å²) in [4.78, 5) is 2.57. The lowest BCUT2D eigenvalue weighted by Crippen LogP contribution is -2.37. The monoisotopic (exact) mass is 509 g/mol. The van der Waals surface area contributed by atoms with Gasteiger partial charge in [-0.05, 0) is 69.3 Å². The van der Waals surface area contributed by atoms with E-state index in [0.29, 0.717) is 0 Å². The molecule has 0 aromatic heterocycles. The summed E-state index contributed by atoms with van der Waals surface area (Å²) in [6.07, 6.45) is 6.90. The van der Waals surface area contributed by atoms with Gasteiger partial charge in [0.2, 0.25) is 0 Å². The predicted molar refractivity (Wildman–Crippen MR) is 167 cm³/mol. The van der Waals surface area contributed by atoms with E-state index in [1.165, 1.54) is 72.3 Å². The Morgan fingerprint density at radius 2 is 1.18 bits per heavy atom. The van der Waals surface area contributed by atoms with Crippen LogP contribution in [0.25, 0.3) is 28.0 Å². The summed E-state index contributed by atoms with van der Waals surface area (Å²) in [5.74, 6) is 0. The number of anilines is 3. The molecule has 0 bridgehead atoms. The molecule has 9 rings (SSSR count). The smallest absolute Gasteiger partial charge is 0.0754 e. The first kappa shape index (κ1) is 22.0. The lowest BCUT2D eigenvalue weighted by Gasteiger charge is -2.46. The van der Waals surface area contributed by atoms with E-state index in [2.05, 4.69) is 144 Å². The second-order valence-electron chi connectivity index (χ2n) is 11.2. The number of fused-ring (bicyclic) bond motifs is 13. The zero-order chi connectivity index (χ0) is 26.3. The van der Waals surface area contributed by atoms with Crippen LogP contribution < -0.4 is 4.90 Å². The summed E-state index contributed by atoms with van der Waals surface area (Å²) < 4.78 is 0. The van der Waals surface area contributed by atoms with E-state index in [1.807, 2.05) is 0 Å². The van der Waals surface area contributed by atoms with Crippen LogP contribution in [-0.2, 0) is 11.8 Å². The Bertz CT molecular complexity index is 1970. The third-order valence-corrected chi connectivity index (χ3v) is 9.29. The first-order valence-electron chi connectivity index (χ1n) is 14.3. The number of nitrogens with zero attached hydrogens (tertiary/aromatic N) is 1. The Labute approximate surface area is 234 Å². The van der Waals surface area contributed by atoms with Crippen molar-refractivity contribution in [1.82, 2.24) is 0 Å². The average Bonchev–Trinajstić information content (AvgIpc) is 3.32. The fraction of sp³-hybridized carbons (Fsp3) is 0.0769. The molecule has 0 unspecified atom stereocenters. The van der Waals surface area contributed by atoms with Crippen LogP contribution in [0.4, 0.5) is 17.1 Å². The van der Waals surface area contributed by atoms with Crippen molar-refractivity contribution in [2.75, 3.05) is 4.90 Å². The van der Waals surface area contributed by atoms with Crippen LogP contribution in [0.1, 0.15) is 39.8 Å². The number of aryl methyl sites for hydroxylation is 1. The highest BCUT2D eigenvalue weighted by atomic mass is 15.2. The van der Waals surface area contributed by atoms with Crippen molar-refractivity contribution in [2.45, 2.75) is 18.3 Å². The van der Waals surface area contributed by atoms with Crippen molar-refractivity contribution in [2.24, 2.45) is 0 Å². The molecule has 6 aromatic rings. The van der Waals surface area contributed by atoms with E-state index in [4.69, 9.17) is 0 Å². The summed E-state index contributed by atoms with van der Waals surface area (Å²) in [7, 11) is 0. The van der Waals surface area contributed by atoms with Crippen molar-refractivity contribution < 1.29 is 0 Å². The summed E-state index contributed by atoms with van der Waals surface area (Å²) in [6.45, 7) is 0. The molecule has 1 heteroatoms. The van der Waals surface area contributed by atoms with E-state index in [1.54, 1.807) is 0 Å². The maximum absolute atomic E-state index is 2.57. The lowest BCUT2D eigenvalue weighted by atomic mass is 9.63. The van der Waals surface area contributed by atoms with Crippen molar-refractivity contribution in [3.8, 4) is 11.1 Å². The minimum absolute atomic E-state index is 0.409. The third kappa shape index (κ3) is 2.67. The Kier molecular flexibility index (Phi) is 4.43. The second kappa shape index (κ2) is 8.07. The molecule has 2 aliphatic carbocycles. The zero-order valence-electron chi connectivity index (χ0n) is 22.1. The SMILES string of the molecule is C1=Cc2c(ccc3c2N(c2ccccc2)c2c(ccc4ccccc24)C32c3ccccc3-c3ccccc32)CC1. The van der Waals surface area contributed by atoms with Crippen LogP contribution in [-0.4, -0.2) is 0 Å². The molecule has 0 N–H and O–H groups in total. The topological polar surface area (TPSA) is 3.24 Å². The minimum Gasteiger partial charge on any atom is -0.309 e. The number of benzene rings is 6. The summed E-state index contributed by atoms with van der Waals surface area (Å²) >= 11 is 0. The van der Waals surface area contributed by atoms with E-state index < -0.39 is 5.41 Å². The molecule has 0 saturated heterocycles. The second-order valence-corrected chi connectivity index (χ2v) is 11.2. The van der Waals surface area contributed by atoms with Gasteiger partial charge in [0, 0.05) is 16.6 Å². The molecular weight excluding hydrogens is 482 g/mol. The molecule has 1 aliphatic heterocycles. The zero-order valence-corrected chi connectivity index (χ0v) is 22.1. The van der Waals surface area contributed by atoms with Gasteiger partial charge < -0.3 is 4.90 Å². The standard InChI is InChI=1S/C39H27N/c1-2-14-28(15-3-1)40-37-29-16-6-4-12-26(29)22-24-35(37)39(36-25-23-27-13-5-7-17-30(27)38(36)40)33-20-10-8-18-31(33)32-19-9-11-21-34(32)39/h1-4,6-12,14-25H,5,13H2. The maximum atomic E-state index is 2.57. The van der Waals surface area contributed by atoms with Crippen molar-refractivity contribution in [3.63, 3.8) is 0 Å². The molecule has 0 fully saturated rings. The molecule has 1 spiro atoms. The highest BCUT2D eigenvalue weighted by molar-refractivity contribution is 6.07. The number of hydrogen-bond donors (Lipinski definition) is 0. The highest BCUT2D eigenvalue weighted by Crippen LogP contribution is 2.65. The molecule has 6 aromatic carbocycles. The molecule has 0 atom stereocenters. The molecule has 3 aliphatic rings. The number of allylic oxidation sites excluding steroid dienone is 1. The van der Waals surface area contributed by atoms with Gasteiger partial charge in [0.1, 0.15) is 0 Å². The molecule has 0 saturated carbocycles. The fourth-order valence-corrected chi connectivity index (χ4v) is 7.74. The van der Waals surface area contributed by atoms with E-state index in [9.17, 15) is 0 Å². The number of hydrogen-bond acceptors (Lipinski definition) is 1. The van der Waals surface area contributed by atoms with Gasteiger partial charge >= 0.3 is 0 Å². The summed E-state index contributed by atoms with van der Waals surface area (Å²) in [5, 5.41) is 2.55. The predicted octanol–water partition coefficient (Wildman–Crippen LogP) is 9.95. The Morgan fingerprint density at radius 1 is 0.525 bits per heavy atom. The van der Waals surface area contributed by atoms with E-state index in [-0.39, 0.29) is 0 Å². The summed E-state index contributed by atoms with van der Waals surface area (Å²) in [5.41, 5.74) is 14.3. The van der Waals surface area contributed by atoms with Crippen molar-refractivity contribution >= 4 is 33.9 Å². The average molecular weight is 510 g/mol. The Morgan fingerprint density at radius 3 is 1.98 bits per heavy atom. The molecule has 0 amide bonds. The largest absolute Gasteiger partial charge is 0.309 e. The van der Waals surface area contributed by atoms with Gasteiger partial charge in [0.15, 0.2) is 0 Å². The van der Waals surface area contributed by atoms with Crippen LogP contribution >= 0.6 is 0 Å². The Balaban J connectivity index is 1.55. The highest BCUT2D eigenvalue weighted by Gasteiger charge is 2.52. The minimum atomic E-state index is -0.409. The van der Waals surface area contributed by atoms with Gasteiger partial charge in [0.25, 0.3) is 0 Å².